The standard InChI is InChI=1S/2C25H23P.C14H10O4S/c2*1-5-13-22(14-6-1)21-26(23-15-7-2-8-16-23,24-17-9-3-10-18-24)25-19-11-4-12-20-25;15-13(16)9-1-5-11(6-2-9)19-12-7-3-10(4-8-12)14(17)18/h2*1-20,26H,21H2;1-8H,(H,15,16)(H,17,18). The number of benzene rings is 10. The van der Waals surface area contributed by atoms with Gasteiger partial charge in [-0.1, -0.05) is 11.8 Å². The van der Waals surface area contributed by atoms with Crippen LogP contribution in [0.5, 0.6) is 0 Å². The van der Waals surface area contributed by atoms with Gasteiger partial charge in [-0.05, 0) is 48.5 Å². The van der Waals surface area contributed by atoms with Crippen molar-refractivity contribution in [1.29, 1.82) is 0 Å². The molecule has 352 valence electrons. The molecule has 0 aliphatic heterocycles. The Balaban J connectivity index is 0.000000145. The number of carbonyl (C=O) groups is 2. The van der Waals surface area contributed by atoms with Crippen LogP contribution in [0.25, 0.3) is 0 Å². The van der Waals surface area contributed by atoms with Crippen LogP contribution < -0.4 is 31.8 Å². The summed E-state index contributed by atoms with van der Waals surface area (Å²) in [7, 11) is -4.33. The van der Waals surface area contributed by atoms with Crippen molar-refractivity contribution < 1.29 is 19.8 Å². The monoisotopic (exact) mass is 982 g/mol. The van der Waals surface area contributed by atoms with E-state index in [4.69, 9.17) is 10.2 Å². The summed E-state index contributed by atoms with van der Waals surface area (Å²) in [6, 6.07) is 101. The second-order valence-corrected chi connectivity index (χ2v) is 26.0. The van der Waals surface area contributed by atoms with Crippen molar-refractivity contribution in [3.05, 3.63) is 313 Å². The number of carboxylic acid groups (broad SMARTS) is 2. The molecule has 0 radical (unpaired) electrons. The molecule has 0 spiro atoms. The Morgan fingerprint density at radius 3 is 0.676 bits per heavy atom. The van der Waals surface area contributed by atoms with Gasteiger partial charge in [0.25, 0.3) is 0 Å². The van der Waals surface area contributed by atoms with E-state index >= 15 is 0 Å². The fourth-order valence-electron chi connectivity index (χ4n) is 9.22. The summed E-state index contributed by atoms with van der Waals surface area (Å²) < 4.78 is 0. The molecule has 71 heavy (non-hydrogen) atoms. The van der Waals surface area contributed by atoms with Gasteiger partial charge in [0.2, 0.25) is 0 Å². The normalized spacial score (nSPS) is 11.4. The Hall–Kier alpha value is -7.65. The first-order valence-corrected chi connectivity index (χ1v) is 28.8. The summed E-state index contributed by atoms with van der Waals surface area (Å²) in [5.74, 6) is -1.91. The van der Waals surface area contributed by atoms with Gasteiger partial charge in [0.05, 0.1) is 11.1 Å². The molecule has 7 heteroatoms. The van der Waals surface area contributed by atoms with Gasteiger partial charge in [-0.2, -0.15) is 0 Å². The van der Waals surface area contributed by atoms with Crippen molar-refractivity contribution in [1.82, 2.24) is 0 Å². The van der Waals surface area contributed by atoms with E-state index in [1.54, 1.807) is 24.3 Å². The summed E-state index contributed by atoms with van der Waals surface area (Å²) in [4.78, 5) is 23.2. The van der Waals surface area contributed by atoms with Gasteiger partial charge in [-0.15, -0.1) is 0 Å². The molecule has 0 aliphatic carbocycles. The van der Waals surface area contributed by atoms with Crippen LogP contribution in [0.1, 0.15) is 31.8 Å². The Morgan fingerprint density at radius 1 is 0.282 bits per heavy atom. The van der Waals surface area contributed by atoms with E-state index in [0.717, 1.165) is 22.1 Å². The van der Waals surface area contributed by atoms with E-state index in [9.17, 15) is 9.59 Å². The van der Waals surface area contributed by atoms with Gasteiger partial charge in [0.1, 0.15) is 0 Å². The number of rotatable bonds is 14. The first-order valence-electron chi connectivity index (χ1n) is 23.6. The van der Waals surface area contributed by atoms with Crippen molar-refractivity contribution in [3.8, 4) is 0 Å². The molecule has 0 unspecified atom stereocenters. The Bertz CT molecular complexity index is 2760. The molecule has 0 saturated heterocycles. The van der Waals surface area contributed by atoms with Gasteiger partial charge < -0.3 is 10.2 Å². The third kappa shape index (κ3) is 12.6. The summed E-state index contributed by atoms with van der Waals surface area (Å²) in [6.45, 7) is 0. The first-order chi connectivity index (χ1) is 34.8. The van der Waals surface area contributed by atoms with Crippen LogP contribution >= 0.6 is 26.3 Å². The molecule has 0 fully saturated rings. The molecule has 10 rings (SSSR count). The van der Waals surface area contributed by atoms with Crippen LogP contribution in [0.2, 0.25) is 0 Å². The second kappa shape index (κ2) is 24.8. The molecular formula is C64H56O4P2S. The third-order valence-electron chi connectivity index (χ3n) is 12.7. The van der Waals surface area contributed by atoms with E-state index in [1.165, 1.54) is 79.0 Å². The first kappa shape index (κ1) is 49.8. The number of hydrogen-bond acceptors (Lipinski definition) is 3. The molecule has 2 N–H and O–H groups in total. The molecule has 0 bridgehead atoms. The molecule has 0 saturated carbocycles. The average molecular weight is 983 g/mol. The van der Waals surface area contributed by atoms with Crippen molar-refractivity contribution in [2.24, 2.45) is 0 Å². The van der Waals surface area contributed by atoms with Gasteiger partial charge >= 0.3 is 324 Å². The molecule has 4 nitrogen and oxygen atoms in total. The SMILES string of the molecule is O=C(O)c1ccc(Sc2ccc(C(=O)O)cc2)cc1.c1ccc(C[PH](c2ccccc2)(c2ccccc2)c2ccccc2)cc1.c1ccc(C[PH](c2ccccc2)(c2ccccc2)c2ccccc2)cc1. The Morgan fingerprint density at radius 2 is 0.479 bits per heavy atom. The molecule has 10 aromatic rings. The summed E-state index contributed by atoms with van der Waals surface area (Å²) in [5.41, 5.74) is 3.28. The third-order valence-corrected chi connectivity index (χ3v) is 23.5. The second-order valence-electron chi connectivity index (χ2n) is 17.1. The van der Waals surface area contributed by atoms with Crippen molar-refractivity contribution in [3.63, 3.8) is 0 Å². The minimum atomic E-state index is -2.16. The van der Waals surface area contributed by atoms with Crippen LogP contribution in [-0.4, -0.2) is 22.2 Å². The quantitative estimate of drug-likeness (QED) is 0.106. The van der Waals surface area contributed by atoms with Crippen LogP contribution in [-0.2, 0) is 12.3 Å². The van der Waals surface area contributed by atoms with E-state index in [1.807, 2.05) is 0 Å². The average Bonchev–Trinajstić information content (AvgIpc) is 3.44. The fraction of sp³-hybridized carbons (Fsp3) is 0.0312. The molecule has 0 amide bonds. The predicted octanol–water partition coefficient (Wildman–Crippen LogP) is 13.1. The Kier molecular flexibility index (Phi) is 17.4. The van der Waals surface area contributed by atoms with Gasteiger partial charge in [-0.3, -0.25) is 0 Å². The molecule has 0 heterocycles. The zero-order valence-electron chi connectivity index (χ0n) is 39.2. The number of carboxylic acids is 2. The predicted molar refractivity (Wildman–Crippen MR) is 304 cm³/mol. The zero-order chi connectivity index (χ0) is 49.1. The van der Waals surface area contributed by atoms with Gasteiger partial charge in [-0.25, -0.2) is 9.59 Å². The van der Waals surface area contributed by atoms with E-state index in [0.29, 0.717) is 0 Å². The molecule has 0 aromatic heterocycles. The van der Waals surface area contributed by atoms with Crippen LogP contribution in [0.15, 0.2) is 301 Å². The van der Waals surface area contributed by atoms with Crippen LogP contribution in [0.4, 0.5) is 0 Å². The van der Waals surface area contributed by atoms with E-state index < -0.39 is 26.5 Å². The van der Waals surface area contributed by atoms with Crippen molar-refractivity contribution in [2.45, 2.75) is 22.1 Å². The summed E-state index contributed by atoms with van der Waals surface area (Å²) in [5, 5.41) is 26.3. The number of hydrogen-bond donors (Lipinski definition) is 2. The van der Waals surface area contributed by atoms with E-state index in [2.05, 4.69) is 243 Å². The van der Waals surface area contributed by atoms with Crippen LogP contribution in [0, 0.1) is 0 Å². The molecule has 0 aliphatic rings. The minimum absolute atomic E-state index is 0.241. The molecule has 10 aromatic carbocycles. The summed E-state index contributed by atoms with van der Waals surface area (Å²) in [6.07, 6.45) is 2.12. The topological polar surface area (TPSA) is 74.6 Å². The number of aromatic carboxylic acids is 2. The maximum atomic E-state index is 10.7. The van der Waals surface area contributed by atoms with Crippen molar-refractivity contribution >= 4 is 70.1 Å². The van der Waals surface area contributed by atoms with Gasteiger partial charge in [0, 0.05) is 9.79 Å². The zero-order valence-corrected chi connectivity index (χ0v) is 42.1. The Labute approximate surface area is 423 Å². The molecular weight excluding hydrogens is 927 g/mol. The van der Waals surface area contributed by atoms with Gasteiger partial charge in [0.15, 0.2) is 0 Å². The fourth-order valence-corrected chi connectivity index (χ4v) is 19.5. The molecule has 0 atom stereocenters. The summed E-state index contributed by atoms with van der Waals surface area (Å²) >= 11 is 1.44. The maximum absolute atomic E-state index is 10.7. The van der Waals surface area contributed by atoms with Crippen LogP contribution in [0.3, 0.4) is 0 Å². The van der Waals surface area contributed by atoms with E-state index in [-0.39, 0.29) is 11.1 Å². The van der Waals surface area contributed by atoms with Crippen molar-refractivity contribution in [2.75, 3.05) is 0 Å².